The number of anilines is 1. The minimum absolute atomic E-state index is 0.184. The van der Waals surface area contributed by atoms with Crippen molar-refractivity contribution in [3.05, 3.63) is 59.1 Å². The second-order valence-electron chi connectivity index (χ2n) is 4.87. The van der Waals surface area contributed by atoms with Crippen molar-refractivity contribution in [3.8, 4) is 5.75 Å². The summed E-state index contributed by atoms with van der Waals surface area (Å²) in [6.07, 6.45) is 0. The second kappa shape index (κ2) is 7.71. The molecular formula is C17H19ClN2O2. The minimum atomic E-state index is -0.184. The summed E-state index contributed by atoms with van der Waals surface area (Å²) < 4.78 is 5.40. The molecule has 0 fully saturated rings. The molecule has 0 spiro atoms. The summed E-state index contributed by atoms with van der Waals surface area (Å²) in [5, 5.41) is 3.40. The maximum absolute atomic E-state index is 12.1. The molecule has 0 atom stereocenters. The molecule has 0 saturated carbocycles. The van der Waals surface area contributed by atoms with Gasteiger partial charge in [0, 0.05) is 24.3 Å². The standard InChI is InChI=1S/C17H19ClN2O2/c1-3-22-16-9-7-13(8-10-16)12-20(2)17(21)19-15-6-4-5-14(18)11-15/h4-11H,3,12H2,1-2H3,(H,19,21). The van der Waals surface area contributed by atoms with Crippen molar-refractivity contribution in [1.29, 1.82) is 0 Å². The van der Waals surface area contributed by atoms with Crippen LogP contribution < -0.4 is 10.1 Å². The Balaban J connectivity index is 1.93. The highest BCUT2D eigenvalue weighted by Crippen LogP contribution is 2.16. The molecule has 0 radical (unpaired) electrons. The first-order valence-electron chi connectivity index (χ1n) is 7.08. The van der Waals surface area contributed by atoms with Gasteiger partial charge in [0.2, 0.25) is 0 Å². The number of urea groups is 1. The molecular weight excluding hydrogens is 300 g/mol. The number of nitrogens with one attached hydrogen (secondary N) is 1. The van der Waals surface area contributed by atoms with Gasteiger partial charge in [-0.15, -0.1) is 0 Å². The van der Waals surface area contributed by atoms with E-state index in [-0.39, 0.29) is 6.03 Å². The van der Waals surface area contributed by atoms with Gasteiger partial charge in [-0.25, -0.2) is 4.79 Å². The van der Waals surface area contributed by atoms with Crippen molar-refractivity contribution < 1.29 is 9.53 Å². The molecule has 1 N–H and O–H groups in total. The summed E-state index contributed by atoms with van der Waals surface area (Å²) in [5.41, 5.74) is 1.71. The van der Waals surface area contributed by atoms with Crippen molar-refractivity contribution >= 4 is 23.3 Å². The topological polar surface area (TPSA) is 41.6 Å². The minimum Gasteiger partial charge on any atom is -0.494 e. The third kappa shape index (κ3) is 4.67. The summed E-state index contributed by atoms with van der Waals surface area (Å²) in [6, 6.07) is 14.6. The number of rotatable bonds is 5. The number of carbonyl (C=O) groups is 1. The molecule has 2 amide bonds. The Morgan fingerprint density at radius 2 is 1.95 bits per heavy atom. The molecule has 2 aromatic carbocycles. The molecule has 0 bridgehead atoms. The highest BCUT2D eigenvalue weighted by Gasteiger charge is 2.09. The lowest BCUT2D eigenvalue weighted by Crippen LogP contribution is -2.30. The molecule has 22 heavy (non-hydrogen) atoms. The molecule has 4 nitrogen and oxygen atoms in total. The van der Waals surface area contributed by atoms with Gasteiger partial charge in [-0.2, -0.15) is 0 Å². The van der Waals surface area contributed by atoms with E-state index in [1.54, 1.807) is 36.2 Å². The van der Waals surface area contributed by atoms with E-state index in [9.17, 15) is 4.79 Å². The van der Waals surface area contributed by atoms with Gasteiger partial charge in [0.15, 0.2) is 0 Å². The zero-order valence-electron chi connectivity index (χ0n) is 12.7. The Morgan fingerprint density at radius 3 is 2.59 bits per heavy atom. The van der Waals surface area contributed by atoms with E-state index in [1.165, 1.54) is 0 Å². The van der Waals surface area contributed by atoms with Crippen molar-refractivity contribution in [2.75, 3.05) is 19.0 Å². The lowest BCUT2D eigenvalue weighted by atomic mass is 10.2. The number of nitrogens with zero attached hydrogens (tertiary/aromatic N) is 1. The van der Waals surface area contributed by atoms with Crippen LogP contribution in [-0.2, 0) is 6.54 Å². The van der Waals surface area contributed by atoms with Crippen molar-refractivity contribution in [2.45, 2.75) is 13.5 Å². The van der Waals surface area contributed by atoms with Crippen LogP contribution >= 0.6 is 11.6 Å². The van der Waals surface area contributed by atoms with Crippen molar-refractivity contribution in [1.82, 2.24) is 4.90 Å². The Kier molecular flexibility index (Phi) is 5.67. The zero-order chi connectivity index (χ0) is 15.9. The fraction of sp³-hybridized carbons (Fsp3) is 0.235. The van der Waals surface area contributed by atoms with E-state index >= 15 is 0 Å². The molecule has 5 heteroatoms. The lowest BCUT2D eigenvalue weighted by Gasteiger charge is -2.18. The molecule has 0 aliphatic rings. The van der Waals surface area contributed by atoms with Crippen LogP contribution in [0.25, 0.3) is 0 Å². The number of amides is 2. The Bertz CT molecular complexity index is 629. The van der Waals surface area contributed by atoms with E-state index in [0.717, 1.165) is 11.3 Å². The molecule has 0 aliphatic carbocycles. The first-order chi connectivity index (χ1) is 10.6. The van der Waals surface area contributed by atoms with Crippen LogP contribution in [0.15, 0.2) is 48.5 Å². The van der Waals surface area contributed by atoms with Gasteiger partial charge in [0.1, 0.15) is 5.75 Å². The van der Waals surface area contributed by atoms with Crippen LogP contribution in [0, 0.1) is 0 Å². The molecule has 2 rings (SSSR count). The Hall–Kier alpha value is -2.20. The third-order valence-electron chi connectivity index (χ3n) is 3.08. The summed E-state index contributed by atoms with van der Waals surface area (Å²) in [6.45, 7) is 3.10. The van der Waals surface area contributed by atoms with E-state index in [0.29, 0.717) is 23.9 Å². The van der Waals surface area contributed by atoms with Crippen LogP contribution in [0.2, 0.25) is 5.02 Å². The quantitative estimate of drug-likeness (QED) is 0.887. The molecule has 2 aromatic rings. The number of hydrogen-bond acceptors (Lipinski definition) is 2. The highest BCUT2D eigenvalue weighted by atomic mass is 35.5. The van der Waals surface area contributed by atoms with Gasteiger partial charge < -0.3 is 15.0 Å². The average molecular weight is 319 g/mol. The van der Waals surface area contributed by atoms with Gasteiger partial charge in [-0.1, -0.05) is 29.8 Å². The number of halogens is 1. The molecule has 116 valence electrons. The number of benzene rings is 2. The molecule has 0 heterocycles. The van der Waals surface area contributed by atoms with E-state index in [2.05, 4.69) is 5.32 Å². The SMILES string of the molecule is CCOc1ccc(CN(C)C(=O)Nc2cccc(Cl)c2)cc1. The lowest BCUT2D eigenvalue weighted by molar-refractivity contribution is 0.220. The van der Waals surface area contributed by atoms with Gasteiger partial charge in [-0.05, 0) is 42.8 Å². The Morgan fingerprint density at radius 1 is 1.23 bits per heavy atom. The van der Waals surface area contributed by atoms with Gasteiger partial charge in [-0.3, -0.25) is 0 Å². The predicted molar refractivity (Wildman–Crippen MR) is 89.5 cm³/mol. The monoisotopic (exact) mass is 318 g/mol. The Labute approximate surface area is 135 Å². The normalized spacial score (nSPS) is 10.1. The summed E-state index contributed by atoms with van der Waals surface area (Å²) >= 11 is 5.90. The summed E-state index contributed by atoms with van der Waals surface area (Å²) in [5.74, 6) is 0.831. The number of carbonyl (C=O) groups excluding carboxylic acids is 1. The number of hydrogen-bond donors (Lipinski definition) is 1. The molecule has 0 unspecified atom stereocenters. The van der Waals surface area contributed by atoms with Crippen LogP contribution in [0.4, 0.5) is 10.5 Å². The largest absolute Gasteiger partial charge is 0.494 e. The van der Waals surface area contributed by atoms with Crippen LogP contribution in [0.5, 0.6) is 5.75 Å². The van der Waals surface area contributed by atoms with Crippen LogP contribution in [0.3, 0.4) is 0 Å². The summed E-state index contributed by atoms with van der Waals surface area (Å²) in [7, 11) is 1.75. The van der Waals surface area contributed by atoms with Crippen LogP contribution in [0.1, 0.15) is 12.5 Å². The van der Waals surface area contributed by atoms with Gasteiger partial charge in [0.25, 0.3) is 0 Å². The highest BCUT2D eigenvalue weighted by molar-refractivity contribution is 6.30. The predicted octanol–water partition coefficient (Wildman–Crippen LogP) is 4.40. The van der Waals surface area contributed by atoms with Crippen LogP contribution in [-0.4, -0.2) is 24.6 Å². The fourth-order valence-corrected chi connectivity index (χ4v) is 2.18. The number of ether oxygens (including phenoxy) is 1. The van der Waals surface area contributed by atoms with Gasteiger partial charge >= 0.3 is 6.03 Å². The maximum Gasteiger partial charge on any atom is 0.321 e. The average Bonchev–Trinajstić information content (AvgIpc) is 2.49. The first-order valence-corrected chi connectivity index (χ1v) is 7.45. The third-order valence-corrected chi connectivity index (χ3v) is 3.31. The fourth-order valence-electron chi connectivity index (χ4n) is 1.99. The van der Waals surface area contributed by atoms with Gasteiger partial charge in [0.05, 0.1) is 6.61 Å². The molecule has 0 aromatic heterocycles. The first kappa shape index (κ1) is 16.2. The summed E-state index contributed by atoms with van der Waals surface area (Å²) in [4.78, 5) is 13.8. The zero-order valence-corrected chi connectivity index (χ0v) is 13.4. The molecule has 0 aliphatic heterocycles. The van der Waals surface area contributed by atoms with E-state index < -0.39 is 0 Å². The van der Waals surface area contributed by atoms with E-state index in [1.807, 2.05) is 31.2 Å². The second-order valence-corrected chi connectivity index (χ2v) is 5.31. The van der Waals surface area contributed by atoms with Crippen molar-refractivity contribution in [3.63, 3.8) is 0 Å². The van der Waals surface area contributed by atoms with Crippen molar-refractivity contribution in [2.24, 2.45) is 0 Å². The van der Waals surface area contributed by atoms with E-state index in [4.69, 9.17) is 16.3 Å². The smallest absolute Gasteiger partial charge is 0.321 e. The maximum atomic E-state index is 12.1. The molecule has 0 saturated heterocycles.